The summed E-state index contributed by atoms with van der Waals surface area (Å²) in [4.78, 5) is 0. The molecule has 0 fully saturated rings. The first-order chi connectivity index (χ1) is 7.16. The Kier molecular flexibility index (Phi) is 4.97. The van der Waals surface area contributed by atoms with Crippen LogP contribution in [0.1, 0.15) is 65.5 Å². The Bertz CT molecular complexity index is 339. The van der Waals surface area contributed by atoms with E-state index in [1.807, 2.05) is 0 Å². The minimum atomic E-state index is 0. The van der Waals surface area contributed by atoms with E-state index in [9.17, 15) is 0 Å². The van der Waals surface area contributed by atoms with Gasteiger partial charge in [-0.1, -0.05) is 72.7 Å². The summed E-state index contributed by atoms with van der Waals surface area (Å²) in [5, 5.41) is 0. The average Bonchev–Trinajstić information content (AvgIpc) is 2.16. The molecule has 0 amide bonds. The van der Waals surface area contributed by atoms with Crippen LogP contribution in [0.25, 0.3) is 0 Å². The Morgan fingerprint density at radius 1 is 0.824 bits per heavy atom. The van der Waals surface area contributed by atoms with Crippen LogP contribution < -0.4 is 0 Å². The van der Waals surface area contributed by atoms with Gasteiger partial charge in [-0.25, -0.2) is 0 Å². The molecule has 0 aliphatic heterocycles. The number of rotatable bonds is 2. The van der Waals surface area contributed by atoms with Gasteiger partial charge in [0.1, 0.15) is 0 Å². The Labute approximate surface area is 107 Å². The van der Waals surface area contributed by atoms with Gasteiger partial charge in [-0.3, -0.25) is 0 Å². The second-order valence-corrected chi connectivity index (χ2v) is 6.65. The summed E-state index contributed by atoms with van der Waals surface area (Å²) in [7, 11) is 0. The Morgan fingerprint density at radius 3 is 1.53 bits per heavy atom. The monoisotopic (exact) mass is 236 g/mol. The van der Waals surface area contributed by atoms with Crippen molar-refractivity contribution in [3.63, 3.8) is 0 Å². The van der Waals surface area contributed by atoms with Gasteiger partial charge in [0.15, 0.2) is 0 Å². The Morgan fingerprint density at radius 2 is 1.24 bits per heavy atom. The highest BCUT2D eigenvalue weighted by molar-refractivity contribution is 5.31. The first-order valence-electron chi connectivity index (χ1n) is 6.26. The van der Waals surface area contributed by atoms with Crippen LogP contribution in [0.5, 0.6) is 0 Å². The minimum absolute atomic E-state index is 0. The van der Waals surface area contributed by atoms with E-state index < -0.39 is 0 Å². The van der Waals surface area contributed by atoms with Gasteiger partial charge in [0, 0.05) is 0 Å². The molecule has 0 bridgehead atoms. The van der Waals surface area contributed by atoms with Gasteiger partial charge in [-0.15, -0.1) is 0 Å². The van der Waals surface area contributed by atoms with E-state index in [2.05, 4.69) is 72.7 Å². The number of hydrogen-bond donors (Lipinski definition) is 0. The molecule has 0 aliphatic carbocycles. The van der Waals surface area contributed by atoms with Crippen LogP contribution in [0.4, 0.5) is 0 Å². The molecular formula is C16H28O. The van der Waals surface area contributed by atoms with E-state index in [0.717, 1.165) is 0 Å². The van der Waals surface area contributed by atoms with Crippen LogP contribution in [0.3, 0.4) is 0 Å². The zero-order valence-corrected chi connectivity index (χ0v) is 12.4. The van der Waals surface area contributed by atoms with Gasteiger partial charge in [0.25, 0.3) is 0 Å². The summed E-state index contributed by atoms with van der Waals surface area (Å²) in [5.74, 6) is 0.617. The number of hydrogen-bond acceptors (Lipinski definition) is 0. The smallest absolute Gasteiger partial charge is 0.00551 e. The molecule has 98 valence electrons. The molecule has 2 N–H and O–H groups in total. The lowest BCUT2D eigenvalue weighted by Crippen LogP contribution is -2.33. The number of benzene rings is 1. The maximum absolute atomic E-state index is 2.33. The van der Waals surface area contributed by atoms with E-state index >= 15 is 0 Å². The lowest BCUT2D eigenvalue weighted by molar-refractivity contribution is 0.225. The van der Waals surface area contributed by atoms with Crippen molar-refractivity contribution in [2.45, 2.75) is 59.8 Å². The van der Waals surface area contributed by atoms with Gasteiger partial charge in [-0.05, 0) is 27.9 Å². The van der Waals surface area contributed by atoms with Crippen LogP contribution in [-0.4, -0.2) is 5.48 Å². The molecule has 0 radical (unpaired) electrons. The van der Waals surface area contributed by atoms with Gasteiger partial charge in [-0.2, -0.15) is 0 Å². The van der Waals surface area contributed by atoms with Crippen molar-refractivity contribution in [2.24, 2.45) is 5.41 Å². The van der Waals surface area contributed by atoms with Crippen LogP contribution >= 0.6 is 0 Å². The highest BCUT2D eigenvalue weighted by Crippen LogP contribution is 2.40. The summed E-state index contributed by atoms with van der Waals surface area (Å²) < 4.78 is 0. The quantitative estimate of drug-likeness (QED) is 0.733. The third kappa shape index (κ3) is 3.32. The van der Waals surface area contributed by atoms with Crippen molar-refractivity contribution >= 4 is 0 Å². The summed E-state index contributed by atoms with van der Waals surface area (Å²) in [5.41, 5.74) is 3.35. The fourth-order valence-electron chi connectivity index (χ4n) is 1.72. The van der Waals surface area contributed by atoms with Crippen molar-refractivity contribution in [1.29, 1.82) is 0 Å². The van der Waals surface area contributed by atoms with Crippen LogP contribution in [0, 0.1) is 5.41 Å². The molecule has 0 saturated carbocycles. The van der Waals surface area contributed by atoms with Crippen molar-refractivity contribution in [1.82, 2.24) is 0 Å². The maximum Gasteiger partial charge on any atom is -0.00551 e. The Balaban J connectivity index is 0.00000256. The van der Waals surface area contributed by atoms with Gasteiger partial charge in [0.05, 0.1) is 0 Å². The van der Waals surface area contributed by atoms with E-state index in [0.29, 0.717) is 5.92 Å². The molecule has 1 nitrogen and oxygen atoms in total. The molecular weight excluding hydrogens is 208 g/mol. The minimum Gasteiger partial charge on any atom is -0.412 e. The lowest BCUT2D eigenvalue weighted by atomic mass is 9.65. The third-order valence-corrected chi connectivity index (χ3v) is 4.17. The van der Waals surface area contributed by atoms with E-state index in [1.165, 1.54) is 11.1 Å². The highest BCUT2D eigenvalue weighted by Gasteiger charge is 2.34. The predicted molar refractivity (Wildman–Crippen MR) is 76.6 cm³/mol. The molecule has 1 aromatic carbocycles. The lowest BCUT2D eigenvalue weighted by Gasteiger charge is -2.39. The van der Waals surface area contributed by atoms with Crippen molar-refractivity contribution in [3.8, 4) is 0 Å². The molecule has 17 heavy (non-hydrogen) atoms. The van der Waals surface area contributed by atoms with E-state index in [1.54, 1.807) is 0 Å². The van der Waals surface area contributed by atoms with Crippen molar-refractivity contribution in [2.75, 3.05) is 0 Å². The van der Waals surface area contributed by atoms with Gasteiger partial charge >= 0.3 is 0 Å². The molecule has 0 aromatic heterocycles. The topological polar surface area (TPSA) is 31.5 Å². The molecule has 0 spiro atoms. The predicted octanol–water partition coefficient (Wildman–Crippen LogP) is 4.31. The first kappa shape index (κ1) is 16.2. The molecule has 1 rings (SSSR count). The fourth-order valence-corrected chi connectivity index (χ4v) is 1.72. The fraction of sp³-hybridized carbons (Fsp3) is 0.625. The standard InChI is InChI=1S/C16H26.H2O/c1-12(2)13-8-10-14(11-9-13)16(6,7)15(3,4)5;/h8-12H,1-7H3;1H2. The van der Waals surface area contributed by atoms with Crippen molar-refractivity contribution in [3.05, 3.63) is 35.4 Å². The van der Waals surface area contributed by atoms with Gasteiger partial charge in [0.2, 0.25) is 0 Å². The summed E-state index contributed by atoms with van der Waals surface area (Å²) in [6.07, 6.45) is 0. The van der Waals surface area contributed by atoms with Crippen LogP contribution in [0.15, 0.2) is 24.3 Å². The zero-order valence-electron chi connectivity index (χ0n) is 12.4. The SMILES string of the molecule is CC(C)c1ccc(C(C)(C)C(C)(C)C)cc1.O. The molecule has 0 atom stereocenters. The molecule has 0 heterocycles. The Hall–Kier alpha value is -0.820. The maximum atomic E-state index is 2.33. The largest absolute Gasteiger partial charge is 0.412 e. The van der Waals surface area contributed by atoms with Crippen molar-refractivity contribution < 1.29 is 5.48 Å². The summed E-state index contributed by atoms with van der Waals surface area (Å²) in [6, 6.07) is 9.13. The van der Waals surface area contributed by atoms with Crippen LogP contribution in [0.2, 0.25) is 0 Å². The second kappa shape index (κ2) is 5.22. The summed E-state index contributed by atoms with van der Waals surface area (Å²) >= 11 is 0. The normalized spacial score (nSPS) is 12.5. The molecule has 1 heteroatoms. The third-order valence-electron chi connectivity index (χ3n) is 4.17. The van der Waals surface area contributed by atoms with Gasteiger partial charge < -0.3 is 5.48 Å². The second-order valence-electron chi connectivity index (χ2n) is 6.65. The molecule has 1 aromatic rings. The highest BCUT2D eigenvalue weighted by atomic mass is 16.0. The molecule has 0 aliphatic rings. The average molecular weight is 236 g/mol. The van der Waals surface area contributed by atoms with E-state index in [4.69, 9.17) is 0 Å². The van der Waals surface area contributed by atoms with E-state index in [-0.39, 0.29) is 16.3 Å². The zero-order chi connectivity index (χ0) is 12.6. The first-order valence-corrected chi connectivity index (χ1v) is 6.26. The summed E-state index contributed by atoms with van der Waals surface area (Å²) in [6.45, 7) is 16.1. The molecule has 0 saturated heterocycles. The van der Waals surface area contributed by atoms with Crippen LogP contribution in [-0.2, 0) is 5.41 Å². The molecule has 0 unspecified atom stereocenters.